The Balaban J connectivity index is 1.78. The molecular formula is C18H18F2N4O3S. The number of amides is 4. The van der Waals surface area contributed by atoms with E-state index in [1.54, 1.807) is 19.5 Å². The van der Waals surface area contributed by atoms with Crippen LogP contribution in [-0.2, 0) is 28.1 Å². The van der Waals surface area contributed by atoms with Crippen LogP contribution in [0.3, 0.4) is 0 Å². The van der Waals surface area contributed by atoms with Crippen LogP contribution >= 0.6 is 11.3 Å². The predicted octanol–water partition coefficient (Wildman–Crippen LogP) is 2.02. The predicted molar refractivity (Wildman–Crippen MR) is 97.3 cm³/mol. The minimum absolute atomic E-state index is 0.0867. The monoisotopic (exact) mass is 408 g/mol. The van der Waals surface area contributed by atoms with Crippen molar-refractivity contribution in [2.75, 3.05) is 14.1 Å². The van der Waals surface area contributed by atoms with Crippen molar-refractivity contribution in [1.82, 2.24) is 20.1 Å². The molecule has 0 radical (unpaired) electrons. The Morgan fingerprint density at radius 2 is 2.00 bits per heavy atom. The normalized spacial score (nSPS) is 19.1. The van der Waals surface area contributed by atoms with Gasteiger partial charge in [-0.2, -0.15) is 0 Å². The van der Waals surface area contributed by atoms with E-state index in [1.165, 1.54) is 29.2 Å². The average molecular weight is 408 g/mol. The third-order valence-electron chi connectivity index (χ3n) is 4.49. The highest BCUT2D eigenvalue weighted by Gasteiger charge is 2.49. The van der Waals surface area contributed by atoms with Crippen molar-refractivity contribution in [3.63, 3.8) is 0 Å². The first-order chi connectivity index (χ1) is 13.1. The number of hydrogen-bond donors (Lipinski definition) is 1. The van der Waals surface area contributed by atoms with Gasteiger partial charge in [0.05, 0.1) is 18.7 Å². The highest BCUT2D eigenvalue weighted by atomic mass is 32.1. The maximum atomic E-state index is 13.6. The van der Waals surface area contributed by atoms with Crippen molar-refractivity contribution in [1.29, 1.82) is 0 Å². The van der Waals surface area contributed by atoms with Crippen molar-refractivity contribution in [3.05, 3.63) is 51.5 Å². The molecule has 0 saturated carbocycles. The van der Waals surface area contributed by atoms with Crippen LogP contribution in [0.2, 0.25) is 0 Å². The summed E-state index contributed by atoms with van der Waals surface area (Å²) in [4.78, 5) is 43.7. The smallest absolute Gasteiger partial charge is 0.325 e. The number of imide groups is 1. The maximum Gasteiger partial charge on any atom is 0.325 e. The summed E-state index contributed by atoms with van der Waals surface area (Å²) in [6.45, 7) is 1.35. The number of thiazole rings is 1. The van der Waals surface area contributed by atoms with Crippen LogP contribution in [0.25, 0.3) is 0 Å². The molecule has 3 rings (SSSR count). The van der Waals surface area contributed by atoms with Crippen LogP contribution in [0, 0.1) is 11.6 Å². The van der Waals surface area contributed by atoms with Crippen molar-refractivity contribution in [3.8, 4) is 0 Å². The second kappa shape index (κ2) is 7.27. The molecule has 148 valence electrons. The molecule has 1 aromatic carbocycles. The van der Waals surface area contributed by atoms with Crippen LogP contribution in [0.5, 0.6) is 0 Å². The molecule has 2 heterocycles. The van der Waals surface area contributed by atoms with E-state index in [2.05, 4.69) is 10.3 Å². The molecule has 4 amide bonds. The summed E-state index contributed by atoms with van der Waals surface area (Å²) in [5, 5.41) is 4.78. The van der Waals surface area contributed by atoms with E-state index < -0.39 is 29.1 Å². The molecule has 0 aliphatic carbocycles. The van der Waals surface area contributed by atoms with Gasteiger partial charge in [-0.25, -0.2) is 18.6 Å². The van der Waals surface area contributed by atoms with E-state index in [9.17, 15) is 23.2 Å². The van der Waals surface area contributed by atoms with Gasteiger partial charge in [0.2, 0.25) is 5.91 Å². The minimum Gasteiger partial charge on any atom is -0.348 e. The van der Waals surface area contributed by atoms with Crippen molar-refractivity contribution < 1.29 is 23.2 Å². The van der Waals surface area contributed by atoms with Crippen LogP contribution < -0.4 is 5.32 Å². The first-order valence-corrected chi connectivity index (χ1v) is 9.23. The molecule has 1 fully saturated rings. The van der Waals surface area contributed by atoms with Crippen molar-refractivity contribution in [2.45, 2.75) is 25.4 Å². The molecule has 1 saturated heterocycles. The van der Waals surface area contributed by atoms with Crippen LogP contribution in [0.15, 0.2) is 23.6 Å². The van der Waals surface area contributed by atoms with Crippen molar-refractivity contribution >= 4 is 29.2 Å². The Morgan fingerprint density at radius 1 is 1.29 bits per heavy atom. The maximum absolute atomic E-state index is 13.6. The van der Waals surface area contributed by atoms with Crippen molar-refractivity contribution in [2.24, 2.45) is 0 Å². The second-order valence-corrected chi connectivity index (χ2v) is 7.72. The number of carbonyl (C=O) groups is 3. The Labute approximate surface area is 164 Å². The number of likely N-dealkylation sites (N-methyl/N-ethyl adjacent to an activating group) is 1. The molecule has 1 aromatic heterocycles. The van der Waals surface area contributed by atoms with Gasteiger partial charge in [0.15, 0.2) is 11.6 Å². The number of benzene rings is 1. The molecular weight excluding hydrogens is 390 g/mol. The van der Waals surface area contributed by atoms with Gasteiger partial charge >= 0.3 is 6.03 Å². The molecule has 1 unspecified atom stereocenters. The largest absolute Gasteiger partial charge is 0.348 e. The fourth-order valence-corrected chi connectivity index (χ4v) is 3.57. The molecule has 0 bridgehead atoms. The van der Waals surface area contributed by atoms with Gasteiger partial charge in [-0.3, -0.25) is 14.5 Å². The summed E-state index contributed by atoms with van der Waals surface area (Å²) in [7, 11) is 3.28. The average Bonchev–Trinajstić information content (AvgIpc) is 3.15. The van der Waals surface area contributed by atoms with E-state index in [4.69, 9.17) is 0 Å². The summed E-state index contributed by atoms with van der Waals surface area (Å²) in [6.07, 6.45) is 0.129. The molecule has 0 spiro atoms. The van der Waals surface area contributed by atoms with Gasteiger partial charge in [0.1, 0.15) is 10.5 Å². The Hall–Kier alpha value is -2.88. The third kappa shape index (κ3) is 3.59. The van der Waals surface area contributed by atoms with Gasteiger partial charge < -0.3 is 10.2 Å². The summed E-state index contributed by atoms with van der Waals surface area (Å²) in [5.41, 5.74) is -0.905. The second-order valence-electron chi connectivity index (χ2n) is 6.77. The number of rotatable bonds is 5. The standard InChI is InChI=1S/C18H18F2N4O3S/c1-18(10-4-5-12(19)13(20)6-10)16(26)24(17(27)22-18)8-11-9-28-14(21-11)7-15(25)23(2)3/h4-6,9H,7-8H2,1-3H3,(H,22,27). The third-order valence-corrected chi connectivity index (χ3v) is 5.39. The van der Waals surface area contributed by atoms with Gasteiger partial charge in [-0.1, -0.05) is 6.07 Å². The van der Waals surface area contributed by atoms with E-state index in [1.807, 2.05) is 0 Å². The molecule has 1 aliphatic heterocycles. The van der Waals surface area contributed by atoms with E-state index in [-0.39, 0.29) is 24.4 Å². The quantitative estimate of drug-likeness (QED) is 0.768. The number of nitrogens with zero attached hydrogens (tertiary/aromatic N) is 3. The fraction of sp³-hybridized carbons (Fsp3) is 0.333. The lowest BCUT2D eigenvalue weighted by molar-refractivity contribution is -0.131. The number of halogens is 2. The first kappa shape index (κ1) is 19.9. The summed E-state index contributed by atoms with van der Waals surface area (Å²) in [6, 6.07) is 2.40. The Morgan fingerprint density at radius 3 is 2.64 bits per heavy atom. The lowest BCUT2D eigenvalue weighted by Crippen LogP contribution is -2.41. The number of hydrogen-bond acceptors (Lipinski definition) is 5. The highest BCUT2D eigenvalue weighted by molar-refractivity contribution is 7.09. The van der Waals surface area contributed by atoms with Gasteiger partial charge in [-0.15, -0.1) is 11.3 Å². The lowest BCUT2D eigenvalue weighted by Gasteiger charge is -2.22. The number of urea groups is 1. The van der Waals surface area contributed by atoms with Gasteiger partial charge in [0.25, 0.3) is 5.91 Å². The van der Waals surface area contributed by atoms with Crippen LogP contribution in [-0.4, -0.2) is 46.7 Å². The van der Waals surface area contributed by atoms with Gasteiger partial charge in [-0.05, 0) is 24.6 Å². The molecule has 2 aromatic rings. The number of carbonyl (C=O) groups excluding carboxylic acids is 3. The highest BCUT2D eigenvalue weighted by Crippen LogP contribution is 2.30. The zero-order valence-electron chi connectivity index (χ0n) is 15.5. The van der Waals surface area contributed by atoms with Crippen LogP contribution in [0.1, 0.15) is 23.2 Å². The topological polar surface area (TPSA) is 82.6 Å². The van der Waals surface area contributed by atoms with E-state index >= 15 is 0 Å². The minimum atomic E-state index is -1.51. The summed E-state index contributed by atoms with van der Waals surface area (Å²) < 4.78 is 26.8. The SMILES string of the molecule is CN(C)C(=O)Cc1nc(CN2C(=O)NC(C)(c3ccc(F)c(F)c3)C2=O)cs1. The lowest BCUT2D eigenvalue weighted by atomic mass is 9.92. The molecule has 28 heavy (non-hydrogen) atoms. The molecule has 10 heteroatoms. The Kier molecular flexibility index (Phi) is 5.16. The molecule has 1 atom stereocenters. The van der Waals surface area contributed by atoms with E-state index in [0.29, 0.717) is 10.7 Å². The fourth-order valence-electron chi connectivity index (χ4n) is 2.80. The van der Waals surface area contributed by atoms with Gasteiger partial charge in [0, 0.05) is 19.5 Å². The molecule has 1 N–H and O–H groups in total. The zero-order chi connectivity index (χ0) is 20.6. The molecule has 7 nitrogen and oxygen atoms in total. The molecule has 1 aliphatic rings. The zero-order valence-corrected chi connectivity index (χ0v) is 16.3. The van der Waals surface area contributed by atoms with E-state index in [0.717, 1.165) is 17.0 Å². The number of aromatic nitrogens is 1. The first-order valence-electron chi connectivity index (χ1n) is 8.35. The van der Waals surface area contributed by atoms with Crippen LogP contribution in [0.4, 0.5) is 13.6 Å². The number of nitrogens with one attached hydrogen (secondary N) is 1. The summed E-state index contributed by atoms with van der Waals surface area (Å²) >= 11 is 1.26. The Bertz CT molecular complexity index is 962. The summed E-state index contributed by atoms with van der Waals surface area (Å²) in [5.74, 6) is -2.85.